The summed E-state index contributed by atoms with van der Waals surface area (Å²) < 4.78 is 15.1. The van der Waals surface area contributed by atoms with E-state index in [1.54, 1.807) is 6.20 Å². The number of rotatable bonds is 3. The number of piperidine rings is 1. The molecule has 0 amide bonds. The molecule has 30 heavy (non-hydrogen) atoms. The lowest BCUT2D eigenvalue weighted by Crippen LogP contribution is -2.47. The molecule has 0 unspecified atom stereocenters. The normalized spacial score (nSPS) is 22.2. The third kappa shape index (κ3) is 2.76. The van der Waals surface area contributed by atoms with Crippen molar-refractivity contribution in [1.82, 2.24) is 19.0 Å². The first kappa shape index (κ1) is 17.8. The summed E-state index contributed by atoms with van der Waals surface area (Å²) in [7, 11) is 1.92. The number of ether oxygens (including phenoxy) is 2. The second-order valence-corrected chi connectivity index (χ2v) is 8.59. The Hall–Kier alpha value is -3.06. The maximum absolute atomic E-state index is 13.3. The van der Waals surface area contributed by atoms with Gasteiger partial charge in [-0.15, -0.1) is 0 Å². The first-order chi connectivity index (χ1) is 14.7. The summed E-state index contributed by atoms with van der Waals surface area (Å²) in [5, 5.41) is 0. The lowest BCUT2D eigenvalue weighted by molar-refractivity contribution is 0.113. The zero-order valence-corrected chi connectivity index (χ0v) is 17.0. The molecule has 2 bridgehead atoms. The zero-order chi connectivity index (χ0) is 20.2. The lowest BCUT2D eigenvalue weighted by Gasteiger charge is -2.43. The van der Waals surface area contributed by atoms with Crippen LogP contribution in [0.15, 0.2) is 47.5 Å². The van der Waals surface area contributed by atoms with Crippen LogP contribution in [0.1, 0.15) is 23.6 Å². The van der Waals surface area contributed by atoms with Crippen LogP contribution in [0.5, 0.6) is 11.5 Å². The van der Waals surface area contributed by atoms with Gasteiger partial charge in [0.2, 0.25) is 6.79 Å². The van der Waals surface area contributed by atoms with E-state index in [-0.39, 0.29) is 5.56 Å². The van der Waals surface area contributed by atoms with Gasteiger partial charge >= 0.3 is 0 Å². The minimum atomic E-state index is 0.0800. The Bertz CT molecular complexity index is 1180. The van der Waals surface area contributed by atoms with Crippen LogP contribution >= 0.6 is 0 Å². The Balaban J connectivity index is 1.29. The van der Waals surface area contributed by atoms with Gasteiger partial charge in [-0.2, -0.15) is 0 Å². The maximum atomic E-state index is 13.3. The molecule has 0 radical (unpaired) electrons. The summed E-state index contributed by atoms with van der Waals surface area (Å²) in [6, 6.07) is 10.2. The van der Waals surface area contributed by atoms with Crippen molar-refractivity contribution in [2.45, 2.75) is 25.4 Å². The van der Waals surface area contributed by atoms with Gasteiger partial charge in [0.15, 0.2) is 11.5 Å². The third-order valence-electron chi connectivity index (χ3n) is 6.61. The minimum absolute atomic E-state index is 0.0800. The van der Waals surface area contributed by atoms with E-state index < -0.39 is 0 Å². The first-order valence-corrected chi connectivity index (χ1v) is 10.5. The van der Waals surface area contributed by atoms with Crippen LogP contribution in [-0.2, 0) is 20.1 Å². The molecular formula is C23H24N4O3. The van der Waals surface area contributed by atoms with E-state index in [4.69, 9.17) is 9.47 Å². The molecule has 3 aliphatic rings. The van der Waals surface area contributed by atoms with E-state index in [1.165, 1.54) is 5.56 Å². The predicted molar refractivity (Wildman–Crippen MR) is 112 cm³/mol. The number of nitrogens with zero attached hydrogens (tertiary/aromatic N) is 4. The molecule has 7 heteroatoms. The average molecular weight is 404 g/mol. The third-order valence-corrected chi connectivity index (χ3v) is 6.61. The van der Waals surface area contributed by atoms with Gasteiger partial charge < -0.3 is 18.6 Å². The number of likely N-dealkylation sites (tertiary alicyclic amines) is 1. The van der Waals surface area contributed by atoms with Crippen LogP contribution in [0.2, 0.25) is 0 Å². The van der Waals surface area contributed by atoms with Crippen LogP contribution in [0.25, 0.3) is 11.4 Å². The van der Waals surface area contributed by atoms with Crippen LogP contribution < -0.4 is 15.0 Å². The van der Waals surface area contributed by atoms with Crippen molar-refractivity contribution in [2.75, 3.05) is 19.9 Å². The molecule has 3 aliphatic heterocycles. The van der Waals surface area contributed by atoms with Crippen LogP contribution in [-0.4, -0.2) is 38.9 Å². The molecule has 5 heterocycles. The zero-order valence-electron chi connectivity index (χ0n) is 17.0. The van der Waals surface area contributed by atoms with Crippen molar-refractivity contribution in [3.8, 4) is 22.9 Å². The summed E-state index contributed by atoms with van der Waals surface area (Å²) in [4.78, 5) is 20.1. The highest BCUT2D eigenvalue weighted by molar-refractivity contribution is 5.54. The van der Waals surface area contributed by atoms with Gasteiger partial charge in [-0.1, -0.05) is 12.1 Å². The van der Waals surface area contributed by atoms with Crippen molar-refractivity contribution in [2.24, 2.45) is 13.0 Å². The van der Waals surface area contributed by atoms with Gasteiger partial charge in [-0.3, -0.25) is 9.69 Å². The maximum Gasteiger partial charge on any atom is 0.261 e. The quantitative estimate of drug-likeness (QED) is 0.672. The number of fused-ring (bicyclic) bond motifs is 5. The van der Waals surface area contributed by atoms with E-state index in [0.29, 0.717) is 24.2 Å². The Morgan fingerprint density at radius 1 is 1.13 bits per heavy atom. The van der Waals surface area contributed by atoms with Gasteiger partial charge in [-0.05, 0) is 30.5 Å². The molecule has 154 valence electrons. The van der Waals surface area contributed by atoms with Crippen molar-refractivity contribution >= 4 is 0 Å². The second-order valence-electron chi connectivity index (χ2n) is 8.59. The van der Waals surface area contributed by atoms with Gasteiger partial charge in [0.1, 0.15) is 5.82 Å². The van der Waals surface area contributed by atoms with E-state index in [9.17, 15) is 4.79 Å². The largest absolute Gasteiger partial charge is 0.454 e. The van der Waals surface area contributed by atoms with Crippen molar-refractivity contribution in [3.63, 3.8) is 0 Å². The fourth-order valence-electron chi connectivity index (χ4n) is 5.33. The van der Waals surface area contributed by atoms with E-state index in [0.717, 1.165) is 55.6 Å². The highest BCUT2D eigenvalue weighted by Gasteiger charge is 2.35. The van der Waals surface area contributed by atoms with E-state index in [1.807, 2.05) is 40.6 Å². The summed E-state index contributed by atoms with van der Waals surface area (Å²) in [6.07, 6.45) is 4.76. The summed E-state index contributed by atoms with van der Waals surface area (Å²) in [5.74, 6) is 3.29. The van der Waals surface area contributed by atoms with Crippen molar-refractivity contribution in [3.05, 3.63) is 64.3 Å². The highest BCUT2D eigenvalue weighted by Crippen LogP contribution is 2.39. The lowest BCUT2D eigenvalue weighted by atomic mass is 9.82. The smallest absolute Gasteiger partial charge is 0.261 e. The fourth-order valence-corrected chi connectivity index (χ4v) is 5.33. The average Bonchev–Trinajstić information content (AvgIpc) is 3.38. The van der Waals surface area contributed by atoms with Gasteiger partial charge in [0.25, 0.3) is 5.56 Å². The monoisotopic (exact) mass is 404 g/mol. The number of benzene rings is 1. The van der Waals surface area contributed by atoms with Gasteiger partial charge in [-0.25, -0.2) is 4.98 Å². The molecule has 3 aromatic rings. The minimum Gasteiger partial charge on any atom is -0.454 e. The number of pyridine rings is 1. The number of hydrogen-bond acceptors (Lipinski definition) is 5. The van der Waals surface area contributed by atoms with Crippen LogP contribution in [0.4, 0.5) is 0 Å². The van der Waals surface area contributed by atoms with Crippen molar-refractivity contribution in [1.29, 1.82) is 0 Å². The molecule has 1 fully saturated rings. The summed E-state index contributed by atoms with van der Waals surface area (Å²) in [6.45, 7) is 3.84. The molecule has 1 aromatic carbocycles. The molecule has 0 aliphatic carbocycles. The number of aryl methyl sites for hydroxylation is 1. The Kier molecular flexibility index (Phi) is 3.99. The Morgan fingerprint density at radius 2 is 2.07 bits per heavy atom. The highest BCUT2D eigenvalue weighted by atomic mass is 16.7. The number of aromatic nitrogens is 3. The molecule has 7 nitrogen and oxygen atoms in total. The Morgan fingerprint density at radius 3 is 2.93 bits per heavy atom. The fraction of sp³-hybridized carbons (Fsp3) is 0.391. The molecule has 1 saturated heterocycles. The first-order valence-electron chi connectivity index (χ1n) is 10.5. The SMILES string of the molecule is Cn1ccnc1-c1ccc2n(c1=O)C[C@H]1C[C@@H]2CN(Cc2cccc3c2OCO3)C1. The molecule has 6 rings (SSSR count). The summed E-state index contributed by atoms with van der Waals surface area (Å²) >= 11 is 0. The van der Waals surface area contributed by atoms with E-state index in [2.05, 4.69) is 22.0 Å². The van der Waals surface area contributed by atoms with Crippen LogP contribution in [0, 0.1) is 5.92 Å². The van der Waals surface area contributed by atoms with Crippen LogP contribution in [0.3, 0.4) is 0 Å². The molecule has 0 spiro atoms. The number of hydrogen-bond donors (Lipinski definition) is 0. The standard InChI is InChI=1S/C23H24N4O3/c1-25-8-7-24-22(25)18-5-6-19-17-9-15(11-27(19)23(18)28)10-26(13-17)12-16-3-2-4-20-21(16)30-14-29-20/h2-8,15,17H,9-14H2,1H3/t15-,17+/m0/s1. The molecule has 2 atom stereocenters. The van der Waals surface area contributed by atoms with Crippen molar-refractivity contribution < 1.29 is 9.47 Å². The number of imidazole rings is 1. The number of para-hydroxylation sites is 1. The summed E-state index contributed by atoms with van der Waals surface area (Å²) in [5.41, 5.74) is 3.08. The predicted octanol–water partition coefficient (Wildman–Crippen LogP) is 2.60. The topological polar surface area (TPSA) is 61.5 Å². The molecule has 2 aromatic heterocycles. The second kappa shape index (κ2) is 6.74. The van der Waals surface area contributed by atoms with E-state index >= 15 is 0 Å². The molecule has 0 saturated carbocycles. The Labute approximate surface area is 174 Å². The van der Waals surface area contributed by atoms with Gasteiger partial charge in [0.05, 0.1) is 5.56 Å². The van der Waals surface area contributed by atoms with Gasteiger partial charge in [0, 0.05) is 62.8 Å². The molecular weight excluding hydrogens is 380 g/mol. The molecule has 0 N–H and O–H groups in total.